The highest BCUT2D eigenvalue weighted by Gasteiger charge is 2.75. The van der Waals surface area contributed by atoms with Crippen LogP contribution in [0.25, 0.3) is 0 Å². The smallest absolute Gasteiger partial charge is 0.0847 e. The highest BCUT2D eigenvalue weighted by atomic mass is 79.9. The summed E-state index contributed by atoms with van der Waals surface area (Å²) in [7, 11) is 0. The molecule has 2 heteroatoms. The summed E-state index contributed by atoms with van der Waals surface area (Å²) in [6.07, 6.45) is 3.81. The summed E-state index contributed by atoms with van der Waals surface area (Å²) in [6, 6.07) is 0. The molecule has 1 unspecified atom stereocenters. The number of ether oxygens (including phenoxy) is 1. The van der Waals surface area contributed by atoms with E-state index in [-0.39, 0.29) is 0 Å². The van der Waals surface area contributed by atoms with E-state index in [9.17, 15) is 0 Å². The molecule has 1 aliphatic heterocycles. The van der Waals surface area contributed by atoms with Crippen molar-refractivity contribution in [3.05, 3.63) is 0 Å². The number of hydrogen-bond acceptors (Lipinski definition) is 1. The van der Waals surface area contributed by atoms with E-state index in [1.165, 1.54) is 12.8 Å². The molecule has 0 aromatic heterocycles. The van der Waals surface area contributed by atoms with Crippen molar-refractivity contribution < 1.29 is 4.74 Å². The van der Waals surface area contributed by atoms with Crippen molar-refractivity contribution in [3.63, 3.8) is 0 Å². The predicted molar refractivity (Wildman–Crippen MR) is 46.8 cm³/mol. The van der Waals surface area contributed by atoms with Crippen LogP contribution in [0.3, 0.4) is 0 Å². The standard InChI is InChI=1S/C9H13BrO/c1-8-3-5-6(11-5)4-9(8,2)7(8)10/h5-7H,3-4H2,1-2H3/t5-,6-,7?,8-,9+/m0/s1. The fourth-order valence-electron chi connectivity index (χ4n) is 2.93. The van der Waals surface area contributed by atoms with Gasteiger partial charge >= 0.3 is 0 Å². The van der Waals surface area contributed by atoms with Gasteiger partial charge in [-0.2, -0.15) is 0 Å². The van der Waals surface area contributed by atoms with Gasteiger partial charge in [-0.05, 0) is 23.7 Å². The first-order chi connectivity index (χ1) is 5.08. The van der Waals surface area contributed by atoms with Crippen LogP contribution in [0, 0.1) is 10.8 Å². The minimum absolute atomic E-state index is 0.546. The lowest BCUT2D eigenvalue weighted by Gasteiger charge is -2.19. The third kappa shape index (κ3) is 0.592. The zero-order chi connectivity index (χ0) is 7.85. The molecule has 1 nitrogen and oxygen atoms in total. The van der Waals surface area contributed by atoms with Crippen molar-refractivity contribution >= 4 is 15.9 Å². The molecular weight excluding hydrogens is 204 g/mol. The molecule has 0 N–H and O–H groups in total. The maximum absolute atomic E-state index is 5.54. The Morgan fingerprint density at radius 1 is 1.18 bits per heavy atom. The summed E-state index contributed by atoms with van der Waals surface area (Å²) in [4.78, 5) is 0.749. The van der Waals surface area contributed by atoms with Crippen molar-refractivity contribution in [2.75, 3.05) is 0 Å². The lowest BCUT2D eigenvalue weighted by Crippen LogP contribution is -2.19. The third-order valence-electron chi connectivity index (χ3n) is 4.28. The number of halogens is 1. The summed E-state index contributed by atoms with van der Waals surface area (Å²) in [6.45, 7) is 4.79. The van der Waals surface area contributed by atoms with Gasteiger partial charge in [0.05, 0.1) is 12.2 Å². The zero-order valence-corrected chi connectivity index (χ0v) is 8.52. The maximum Gasteiger partial charge on any atom is 0.0847 e. The van der Waals surface area contributed by atoms with Gasteiger partial charge in [-0.1, -0.05) is 29.8 Å². The summed E-state index contributed by atoms with van der Waals surface area (Å²) in [5.41, 5.74) is 1.09. The van der Waals surface area contributed by atoms with Crippen molar-refractivity contribution in [1.82, 2.24) is 0 Å². The van der Waals surface area contributed by atoms with E-state index < -0.39 is 0 Å². The van der Waals surface area contributed by atoms with Crippen LogP contribution in [0.4, 0.5) is 0 Å². The molecule has 3 aliphatic rings. The van der Waals surface area contributed by atoms with Gasteiger partial charge in [0.2, 0.25) is 0 Å². The lowest BCUT2D eigenvalue weighted by molar-refractivity contribution is 0.309. The molecule has 0 radical (unpaired) electrons. The second-order valence-electron chi connectivity index (χ2n) is 4.82. The monoisotopic (exact) mass is 216 g/mol. The zero-order valence-electron chi connectivity index (χ0n) is 6.93. The van der Waals surface area contributed by atoms with Crippen molar-refractivity contribution in [2.24, 2.45) is 10.8 Å². The second kappa shape index (κ2) is 1.56. The molecule has 3 fully saturated rings. The average Bonchev–Trinajstić information content (AvgIpc) is 2.73. The van der Waals surface area contributed by atoms with Crippen LogP contribution in [0.15, 0.2) is 0 Å². The SMILES string of the molecule is C[C@@]12C[C@@H]3O[C@H]3C[C@]1(C)C2Br. The first-order valence-electron chi connectivity index (χ1n) is 4.37. The van der Waals surface area contributed by atoms with Gasteiger partial charge in [0, 0.05) is 4.83 Å². The van der Waals surface area contributed by atoms with Crippen LogP contribution in [0.2, 0.25) is 0 Å². The molecule has 11 heavy (non-hydrogen) atoms. The molecule has 2 aliphatic carbocycles. The quantitative estimate of drug-likeness (QED) is 0.448. The second-order valence-corrected chi connectivity index (χ2v) is 5.73. The molecule has 0 aromatic rings. The van der Waals surface area contributed by atoms with Crippen LogP contribution in [0.1, 0.15) is 26.7 Å². The van der Waals surface area contributed by atoms with Gasteiger partial charge in [0.25, 0.3) is 0 Å². The largest absolute Gasteiger partial charge is 0.370 e. The highest BCUT2D eigenvalue weighted by molar-refractivity contribution is 9.09. The van der Waals surface area contributed by atoms with E-state index in [0.717, 1.165) is 4.83 Å². The Kier molecular flexibility index (Phi) is 0.977. The number of rotatable bonds is 0. The molecule has 5 atom stereocenters. The van der Waals surface area contributed by atoms with Crippen LogP contribution < -0.4 is 0 Å². The molecule has 0 aromatic carbocycles. The van der Waals surface area contributed by atoms with Crippen LogP contribution in [0.5, 0.6) is 0 Å². The van der Waals surface area contributed by atoms with Crippen LogP contribution >= 0.6 is 15.9 Å². The summed E-state index contributed by atoms with van der Waals surface area (Å²) < 4.78 is 5.54. The van der Waals surface area contributed by atoms with Gasteiger partial charge in [-0.15, -0.1) is 0 Å². The Labute approximate surface area is 75.6 Å². The predicted octanol–water partition coefficient (Wildman–Crippen LogP) is 2.34. The number of hydrogen-bond donors (Lipinski definition) is 0. The molecular formula is C9H13BrO. The number of fused-ring (bicyclic) bond motifs is 2. The number of epoxide rings is 1. The van der Waals surface area contributed by atoms with E-state index in [4.69, 9.17) is 4.74 Å². The van der Waals surface area contributed by atoms with E-state index in [1.807, 2.05) is 0 Å². The third-order valence-corrected chi connectivity index (χ3v) is 6.30. The minimum Gasteiger partial charge on any atom is -0.370 e. The molecule has 2 saturated carbocycles. The van der Waals surface area contributed by atoms with Gasteiger partial charge in [0.1, 0.15) is 0 Å². The van der Waals surface area contributed by atoms with E-state index in [0.29, 0.717) is 23.0 Å². The molecule has 62 valence electrons. The summed E-state index contributed by atoms with van der Waals surface area (Å²) in [5, 5.41) is 0. The van der Waals surface area contributed by atoms with Crippen molar-refractivity contribution in [3.8, 4) is 0 Å². The van der Waals surface area contributed by atoms with E-state index >= 15 is 0 Å². The summed E-state index contributed by atoms with van der Waals surface area (Å²) in [5.74, 6) is 0. The van der Waals surface area contributed by atoms with E-state index in [1.54, 1.807) is 0 Å². The molecule has 0 amide bonds. The molecule has 0 spiro atoms. The highest BCUT2D eigenvalue weighted by Crippen LogP contribution is 2.76. The van der Waals surface area contributed by atoms with Gasteiger partial charge in [0.15, 0.2) is 0 Å². The Morgan fingerprint density at radius 2 is 1.64 bits per heavy atom. The Hall–Kier alpha value is 0.440. The molecule has 1 saturated heterocycles. The van der Waals surface area contributed by atoms with Crippen molar-refractivity contribution in [2.45, 2.75) is 43.7 Å². The number of alkyl halides is 1. The van der Waals surface area contributed by atoms with Crippen LogP contribution in [-0.2, 0) is 4.74 Å². The maximum atomic E-state index is 5.54. The van der Waals surface area contributed by atoms with Crippen molar-refractivity contribution in [1.29, 1.82) is 0 Å². The Bertz CT molecular complexity index is 208. The first-order valence-corrected chi connectivity index (χ1v) is 5.29. The van der Waals surface area contributed by atoms with Crippen LogP contribution in [-0.4, -0.2) is 17.0 Å². The fourth-order valence-corrected chi connectivity index (χ4v) is 4.22. The Morgan fingerprint density at radius 3 is 2.09 bits per heavy atom. The first kappa shape index (κ1) is 6.90. The molecule has 3 rings (SSSR count). The molecule has 1 heterocycles. The minimum atomic E-state index is 0.546. The van der Waals surface area contributed by atoms with Gasteiger partial charge in [-0.3, -0.25) is 0 Å². The summed E-state index contributed by atoms with van der Waals surface area (Å²) >= 11 is 3.78. The molecule has 0 bridgehead atoms. The van der Waals surface area contributed by atoms with E-state index in [2.05, 4.69) is 29.8 Å². The van der Waals surface area contributed by atoms with Gasteiger partial charge < -0.3 is 4.74 Å². The Balaban J connectivity index is 1.94. The topological polar surface area (TPSA) is 12.5 Å². The lowest BCUT2D eigenvalue weighted by atomic mass is 9.82. The fraction of sp³-hybridized carbons (Fsp3) is 1.00. The van der Waals surface area contributed by atoms with Gasteiger partial charge in [-0.25, -0.2) is 0 Å². The average molecular weight is 217 g/mol. The normalized spacial score (nSPS) is 71.7.